The molecule has 0 spiro atoms. The van der Waals surface area contributed by atoms with Gasteiger partial charge in [-0.2, -0.15) is 5.26 Å². The lowest BCUT2D eigenvalue weighted by Gasteiger charge is -1.95. The first-order valence-corrected chi connectivity index (χ1v) is 4.55. The van der Waals surface area contributed by atoms with Crippen LogP contribution in [0, 0.1) is 11.3 Å². The number of carbonyl (C=O) groups excluding carboxylic acids is 1. The van der Waals surface area contributed by atoms with E-state index >= 15 is 0 Å². The van der Waals surface area contributed by atoms with Crippen molar-refractivity contribution in [3.05, 3.63) is 22.7 Å². The van der Waals surface area contributed by atoms with Crippen LogP contribution in [0.2, 0.25) is 0 Å². The summed E-state index contributed by atoms with van der Waals surface area (Å²) in [5.41, 5.74) is 0.757. The highest BCUT2D eigenvalue weighted by molar-refractivity contribution is 7.19. The van der Waals surface area contributed by atoms with Crippen molar-refractivity contribution in [3.8, 4) is 11.8 Å². The van der Waals surface area contributed by atoms with E-state index in [1.54, 1.807) is 6.07 Å². The van der Waals surface area contributed by atoms with E-state index in [2.05, 4.69) is 4.98 Å². The van der Waals surface area contributed by atoms with Crippen LogP contribution in [0.25, 0.3) is 10.2 Å². The fourth-order valence-electron chi connectivity index (χ4n) is 1.16. The minimum atomic E-state index is -0.0827. The summed E-state index contributed by atoms with van der Waals surface area (Å²) in [5, 5.41) is 18.3. The molecule has 0 aliphatic rings. The van der Waals surface area contributed by atoms with E-state index in [4.69, 9.17) is 5.26 Å². The molecule has 0 bridgehead atoms. The van der Waals surface area contributed by atoms with Crippen molar-refractivity contribution in [2.75, 3.05) is 0 Å². The van der Waals surface area contributed by atoms with Gasteiger partial charge in [0.1, 0.15) is 11.8 Å². The lowest BCUT2D eigenvalue weighted by atomic mass is 10.2. The quantitative estimate of drug-likeness (QED) is 0.717. The van der Waals surface area contributed by atoms with Gasteiger partial charge in [-0.05, 0) is 12.1 Å². The van der Waals surface area contributed by atoms with E-state index in [1.807, 2.05) is 6.07 Å². The number of hydrogen-bond acceptors (Lipinski definition) is 5. The number of aromatic hydroxyl groups is 1. The minimum Gasteiger partial charge on any atom is -0.507 e. The lowest BCUT2D eigenvalue weighted by Crippen LogP contribution is -1.81. The van der Waals surface area contributed by atoms with Crippen LogP contribution >= 0.6 is 11.3 Å². The predicted octanol–water partition coefficient (Wildman–Crippen LogP) is 1.69. The van der Waals surface area contributed by atoms with E-state index in [0.717, 1.165) is 11.3 Å². The summed E-state index contributed by atoms with van der Waals surface area (Å²) in [6, 6.07) is 4.87. The van der Waals surface area contributed by atoms with Crippen LogP contribution in [0.15, 0.2) is 12.1 Å². The molecule has 0 aliphatic heterocycles. The molecular weight excluding hydrogens is 200 g/mol. The summed E-state index contributed by atoms with van der Waals surface area (Å²) in [7, 11) is 0. The van der Waals surface area contributed by atoms with E-state index in [1.165, 1.54) is 6.07 Å². The van der Waals surface area contributed by atoms with Crippen molar-refractivity contribution >= 4 is 27.8 Å². The Bertz CT molecular complexity index is 554. The highest BCUT2D eigenvalue weighted by Gasteiger charge is 2.10. The predicted molar refractivity (Wildman–Crippen MR) is 51.4 cm³/mol. The largest absolute Gasteiger partial charge is 0.507 e. The van der Waals surface area contributed by atoms with Gasteiger partial charge in [-0.1, -0.05) is 0 Å². The first-order valence-electron chi connectivity index (χ1n) is 3.74. The first-order chi connectivity index (χ1) is 6.76. The number of phenolic OH excluding ortho intramolecular Hbond substituents is 1. The highest BCUT2D eigenvalue weighted by atomic mass is 32.1. The fraction of sp³-hybridized carbons (Fsp3) is 0. The van der Waals surface area contributed by atoms with Crippen molar-refractivity contribution in [2.24, 2.45) is 0 Å². The third-order valence-corrected chi connectivity index (χ3v) is 2.80. The molecule has 2 aromatic rings. The normalized spacial score (nSPS) is 9.93. The Labute approximate surface area is 83.1 Å². The van der Waals surface area contributed by atoms with Crippen molar-refractivity contribution < 1.29 is 9.90 Å². The number of nitriles is 1. The zero-order chi connectivity index (χ0) is 10.1. The van der Waals surface area contributed by atoms with Gasteiger partial charge in [0.25, 0.3) is 0 Å². The van der Waals surface area contributed by atoms with Crippen LogP contribution in [-0.2, 0) is 0 Å². The van der Waals surface area contributed by atoms with Gasteiger partial charge in [0.15, 0.2) is 11.3 Å². The lowest BCUT2D eigenvalue weighted by molar-refractivity contribution is 0.112. The third kappa shape index (κ3) is 1.13. The monoisotopic (exact) mass is 204 g/mol. The van der Waals surface area contributed by atoms with E-state index in [0.29, 0.717) is 16.5 Å². The van der Waals surface area contributed by atoms with Crippen LogP contribution in [0.5, 0.6) is 5.75 Å². The summed E-state index contributed by atoms with van der Waals surface area (Å²) in [6.45, 7) is 0. The van der Waals surface area contributed by atoms with Crippen LogP contribution in [0.3, 0.4) is 0 Å². The van der Waals surface area contributed by atoms with Crippen LogP contribution in [0.1, 0.15) is 15.4 Å². The Hall–Kier alpha value is -1.93. The van der Waals surface area contributed by atoms with Crippen molar-refractivity contribution in [2.45, 2.75) is 0 Å². The molecule has 5 heteroatoms. The maximum absolute atomic E-state index is 10.7. The van der Waals surface area contributed by atoms with Gasteiger partial charge in [0.2, 0.25) is 0 Å². The smallest absolute Gasteiger partial charge is 0.195 e. The molecule has 0 saturated heterocycles. The number of hydrogen-bond donors (Lipinski definition) is 1. The second kappa shape index (κ2) is 3.09. The molecule has 0 atom stereocenters. The molecule has 0 amide bonds. The van der Waals surface area contributed by atoms with E-state index < -0.39 is 0 Å². The second-order valence-electron chi connectivity index (χ2n) is 2.60. The van der Waals surface area contributed by atoms with Gasteiger partial charge in [-0.15, -0.1) is 11.3 Å². The molecule has 1 N–H and O–H groups in total. The summed E-state index contributed by atoms with van der Waals surface area (Å²) in [6.07, 6.45) is 0.566. The molecule has 0 saturated carbocycles. The molecule has 0 unspecified atom stereocenters. The summed E-state index contributed by atoms with van der Waals surface area (Å²) in [4.78, 5) is 14.6. The standard InChI is InChI=1S/C9H4N2O2S/c10-3-8-11-6-1-2-7(13)5(4-12)9(6)14-8/h1-2,4,13H. The summed E-state index contributed by atoms with van der Waals surface area (Å²) < 4.78 is 0.552. The molecule has 0 fully saturated rings. The Morgan fingerprint density at radius 3 is 3.00 bits per heavy atom. The van der Waals surface area contributed by atoms with Gasteiger partial charge < -0.3 is 5.11 Å². The van der Waals surface area contributed by atoms with Crippen LogP contribution < -0.4 is 0 Å². The van der Waals surface area contributed by atoms with Gasteiger partial charge in [-0.3, -0.25) is 4.79 Å². The van der Waals surface area contributed by atoms with E-state index in [-0.39, 0.29) is 16.3 Å². The van der Waals surface area contributed by atoms with Crippen LogP contribution in [0.4, 0.5) is 0 Å². The Kier molecular flexibility index (Phi) is 1.91. The van der Waals surface area contributed by atoms with E-state index in [9.17, 15) is 9.90 Å². The van der Waals surface area contributed by atoms with Crippen LogP contribution in [-0.4, -0.2) is 16.4 Å². The number of rotatable bonds is 1. The number of benzene rings is 1. The molecule has 1 aromatic carbocycles. The zero-order valence-electron chi connectivity index (χ0n) is 6.89. The second-order valence-corrected chi connectivity index (χ2v) is 3.59. The maximum atomic E-state index is 10.7. The SMILES string of the molecule is N#Cc1nc2ccc(O)c(C=O)c2s1. The molecule has 4 nitrogen and oxygen atoms in total. The van der Waals surface area contributed by atoms with Crippen molar-refractivity contribution in [3.63, 3.8) is 0 Å². The number of nitrogens with zero attached hydrogens (tertiary/aromatic N) is 2. The Morgan fingerprint density at radius 2 is 2.36 bits per heavy atom. The minimum absolute atomic E-state index is 0.0827. The molecule has 0 aliphatic carbocycles. The molecular formula is C9H4N2O2S. The fourth-order valence-corrected chi connectivity index (χ4v) is 2.03. The van der Waals surface area contributed by atoms with Crippen molar-refractivity contribution in [1.29, 1.82) is 5.26 Å². The first kappa shape index (κ1) is 8.66. The number of aromatic nitrogens is 1. The van der Waals surface area contributed by atoms with Crippen molar-refractivity contribution in [1.82, 2.24) is 4.98 Å². The summed E-state index contributed by atoms with van der Waals surface area (Å²) >= 11 is 1.10. The third-order valence-electron chi connectivity index (χ3n) is 1.79. The number of aldehydes is 1. The number of phenols is 1. The topological polar surface area (TPSA) is 74.0 Å². The molecule has 68 valence electrons. The van der Waals surface area contributed by atoms with Gasteiger partial charge in [0, 0.05) is 0 Å². The molecule has 0 radical (unpaired) electrons. The highest BCUT2D eigenvalue weighted by Crippen LogP contribution is 2.29. The average Bonchev–Trinajstić information content (AvgIpc) is 2.60. The molecule has 2 rings (SSSR count). The van der Waals surface area contributed by atoms with Gasteiger partial charge >= 0.3 is 0 Å². The Morgan fingerprint density at radius 1 is 1.57 bits per heavy atom. The van der Waals surface area contributed by atoms with Gasteiger partial charge in [0.05, 0.1) is 15.8 Å². The number of thiazole rings is 1. The molecule has 1 heterocycles. The Balaban J connectivity index is 2.87. The average molecular weight is 204 g/mol. The zero-order valence-corrected chi connectivity index (χ0v) is 7.71. The molecule has 1 aromatic heterocycles. The maximum Gasteiger partial charge on any atom is 0.195 e. The van der Waals surface area contributed by atoms with Gasteiger partial charge in [-0.25, -0.2) is 4.98 Å². The number of carbonyl (C=O) groups is 1. The number of fused-ring (bicyclic) bond motifs is 1. The molecule has 14 heavy (non-hydrogen) atoms. The summed E-state index contributed by atoms with van der Waals surface area (Å²) in [5.74, 6) is -0.0827.